The van der Waals surface area contributed by atoms with E-state index in [9.17, 15) is 0 Å². The zero-order chi connectivity index (χ0) is 11.1. The fourth-order valence-corrected chi connectivity index (χ4v) is 2.02. The molecule has 1 heterocycles. The van der Waals surface area contributed by atoms with E-state index >= 15 is 0 Å². The monoisotopic (exact) mass is 203 g/mol. The summed E-state index contributed by atoms with van der Waals surface area (Å²) in [5.41, 5.74) is 3.44. The summed E-state index contributed by atoms with van der Waals surface area (Å²) >= 11 is 0. The Morgan fingerprint density at radius 2 is 2.07 bits per heavy atom. The lowest BCUT2D eigenvalue weighted by Crippen LogP contribution is -2.23. The third-order valence-corrected chi connectivity index (χ3v) is 3.12. The maximum atomic E-state index is 5.66. The van der Waals surface area contributed by atoms with E-state index in [0.29, 0.717) is 6.61 Å². The molecule has 0 radical (unpaired) electrons. The molecule has 15 heavy (non-hydrogen) atoms. The number of ether oxygens (including phenoxy) is 1. The van der Waals surface area contributed by atoms with Crippen LogP contribution < -0.4 is 4.74 Å². The van der Waals surface area contributed by atoms with Crippen LogP contribution in [-0.4, -0.2) is 12.3 Å². The van der Waals surface area contributed by atoms with E-state index in [1.807, 2.05) is 19.1 Å². The van der Waals surface area contributed by atoms with Crippen LogP contribution in [0.5, 0.6) is 5.75 Å². The molecule has 0 atom stereocenters. The Morgan fingerprint density at radius 1 is 1.33 bits per heavy atom. The second-order valence-corrected chi connectivity index (χ2v) is 4.41. The highest BCUT2D eigenvalue weighted by Gasteiger charge is 2.35. The maximum Gasteiger partial charge on any atom is 0.125 e. The summed E-state index contributed by atoms with van der Waals surface area (Å²) < 4.78 is 5.66. The van der Waals surface area contributed by atoms with Crippen LogP contribution in [0.4, 0.5) is 5.69 Å². The Labute approximate surface area is 91.0 Å². The molecule has 0 unspecified atom stereocenters. The van der Waals surface area contributed by atoms with Gasteiger partial charge in [-0.2, -0.15) is 0 Å². The second-order valence-electron chi connectivity index (χ2n) is 4.41. The lowest BCUT2D eigenvalue weighted by atomic mass is 9.82. The van der Waals surface area contributed by atoms with Gasteiger partial charge in [0.1, 0.15) is 5.75 Å². The zero-order valence-electron chi connectivity index (χ0n) is 9.79. The lowest BCUT2D eigenvalue weighted by molar-refractivity contribution is 0.334. The zero-order valence-corrected chi connectivity index (χ0v) is 9.79. The average molecular weight is 203 g/mol. The van der Waals surface area contributed by atoms with E-state index in [1.54, 1.807) is 0 Å². The number of hydrogen-bond acceptors (Lipinski definition) is 2. The number of rotatable bonds is 2. The number of benzene rings is 1. The van der Waals surface area contributed by atoms with Crippen LogP contribution >= 0.6 is 0 Å². The Kier molecular flexibility index (Phi) is 2.29. The smallest absolute Gasteiger partial charge is 0.125 e. The molecule has 0 aromatic heterocycles. The van der Waals surface area contributed by atoms with E-state index in [1.165, 1.54) is 5.56 Å². The van der Waals surface area contributed by atoms with E-state index in [2.05, 4.69) is 31.8 Å². The highest BCUT2D eigenvalue weighted by molar-refractivity contribution is 6.00. The largest absolute Gasteiger partial charge is 0.493 e. The summed E-state index contributed by atoms with van der Waals surface area (Å²) in [4.78, 5) is 4.58. The Hall–Kier alpha value is -1.31. The van der Waals surface area contributed by atoms with Gasteiger partial charge in [0, 0.05) is 16.7 Å². The highest BCUT2D eigenvalue weighted by Crippen LogP contribution is 2.45. The van der Waals surface area contributed by atoms with E-state index < -0.39 is 0 Å². The van der Waals surface area contributed by atoms with Gasteiger partial charge in [-0.3, -0.25) is 4.99 Å². The fourth-order valence-electron chi connectivity index (χ4n) is 2.02. The van der Waals surface area contributed by atoms with Crippen LogP contribution in [-0.2, 0) is 5.41 Å². The molecule has 0 amide bonds. The van der Waals surface area contributed by atoms with E-state index in [-0.39, 0.29) is 5.41 Å². The van der Waals surface area contributed by atoms with Crippen LogP contribution in [0.15, 0.2) is 23.2 Å². The molecule has 2 nitrogen and oxygen atoms in total. The SMILES string of the molecule is CCOc1cccc2c1C(C)(C)C(C)=N2. The second kappa shape index (κ2) is 3.37. The van der Waals surface area contributed by atoms with Gasteiger partial charge in [0.15, 0.2) is 0 Å². The van der Waals surface area contributed by atoms with Gasteiger partial charge in [0.25, 0.3) is 0 Å². The van der Waals surface area contributed by atoms with Gasteiger partial charge >= 0.3 is 0 Å². The van der Waals surface area contributed by atoms with Crippen molar-refractivity contribution in [3.05, 3.63) is 23.8 Å². The molecule has 2 heteroatoms. The summed E-state index contributed by atoms with van der Waals surface area (Å²) in [5, 5.41) is 0. The summed E-state index contributed by atoms with van der Waals surface area (Å²) in [6.45, 7) is 9.18. The summed E-state index contributed by atoms with van der Waals surface area (Å²) in [7, 11) is 0. The molecule has 1 aromatic rings. The third kappa shape index (κ3) is 1.44. The molecular formula is C13H17NO. The van der Waals surface area contributed by atoms with Crippen molar-refractivity contribution in [2.24, 2.45) is 4.99 Å². The highest BCUT2D eigenvalue weighted by atomic mass is 16.5. The first-order valence-corrected chi connectivity index (χ1v) is 5.39. The molecule has 0 spiro atoms. The van der Waals surface area contributed by atoms with Gasteiger partial charge in [-0.1, -0.05) is 19.9 Å². The molecule has 80 valence electrons. The van der Waals surface area contributed by atoms with Gasteiger partial charge in [-0.05, 0) is 26.0 Å². The van der Waals surface area contributed by atoms with Gasteiger partial charge in [0.05, 0.1) is 12.3 Å². The van der Waals surface area contributed by atoms with Crippen molar-refractivity contribution in [1.29, 1.82) is 0 Å². The predicted octanol–water partition coefficient (Wildman–Crippen LogP) is 3.47. The number of hydrogen-bond donors (Lipinski definition) is 0. The van der Waals surface area contributed by atoms with Crippen molar-refractivity contribution in [2.75, 3.05) is 6.61 Å². The average Bonchev–Trinajstić information content (AvgIpc) is 2.39. The molecule has 2 rings (SSSR count). The van der Waals surface area contributed by atoms with Crippen molar-refractivity contribution in [2.45, 2.75) is 33.1 Å². The number of aliphatic imine (C=N–C) groups is 1. The minimum absolute atomic E-state index is 0.00109. The van der Waals surface area contributed by atoms with Crippen LogP contribution in [0, 0.1) is 0 Å². The molecule has 0 bridgehead atoms. The van der Waals surface area contributed by atoms with Crippen LogP contribution in [0.25, 0.3) is 0 Å². The first-order chi connectivity index (χ1) is 7.07. The van der Waals surface area contributed by atoms with Crippen molar-refractivity contribution in [3.63, 3.8) is 0 Å². The minimum Gasteiger partial charge on any atom is -0.493 e. The van der Waals surface area contributed by atoms with Crippen LogP contribution in [0.1, 0.15) is 33.3 Å². The van der Waals surface area contributed by atoms with E-state index in [0.717, 1.165) is 17.1 Å². The number of nitrogens with zero attached hydrogens (tertiary/aromatic N) is 1. The Bertz CT molecular complexity index is 419. The molecule has 0 saturated heterocycles. The van der Waals surface area contributed by atoms with Gasteiger partial charge < -0.3 is 4.74 Å². The molecule has 0 aliphatic carbocycles. The summed E-state index contributed by atoms with van der Waals surface area (Å²) in [5.74, 6) is 0.973. The molecular weight excluding hydrogens is 186 g/mol. The van der Waals surface area contributed by atoms with Crippen molar-refractivity contribution < 1.29 is 4.74 Å². The predicted molar refractivity (Wildman–Crippen MR) is 63.4 cm³/mol. The van der Waals surface area contributed by atoms with Crippen molar-refractivity contribution in [1.82, 2.24) is 0 Å². The summed E-state index contributed by atoms with van der Waals surface area (Å²) in [6.07, 6.45) is 0. The Balaban J connectivity index is 2.57. The van der Waals surface area contributed by atoms with Gasteiger partial charge in [-0.15, -0.1) is 0 Å². The molecule has 0 saturated carbocycles. The first kappa shape index (κ1) is 10.2. The van der Waals surface area contributed by atoms with Crippen LogP contribution in [0.2, 0.25) is 0 Å². The Morgan fingerprint density at radius 3 is 2.73 bits per heavy atom. The minimum atomic E-state index is 0.00109. The van der Waals surface area contributed by atoms with Crippen molar-refractivity contribution in [3.8, 4) is 5.75 Å². The molecule has 0 fully saturated rings. The van der Waals surface area contributed by atoms with Crippen molar-refractivity contribution >= 4 is 11.4 Å². The standard InChI is InChI=1S/C13H17NO/c1-5-15-11-8-6-7-10-12(11)13(3,4)9(2)14-10/h6-8H,5H2,1-4H3. The summed E-state index contributed by atoms with van der Waals surface area (Å²) in [6, 6.07) is 6.08. The van der Waals surface area contributed by atoms with Crippen LogP contribution in [0.3, 0.4) is 0 Å². The normalized spacial score (nSPS) is 17.2. The van der Waals surface area contributed by atoms with Gasteiger partial charge in [-0.25, -0.2) is 0 Å². The fraction of sp³-hybridized carbons (Fsp3) is 0.462. The molecule has 1 aliphatic rings. The quantitative estimate of drug-likeness (QED) is 0.721. The van der Waals surface area contributed by atoms with E-state index in [4.69, 9.17) is 4.74 Å². The molecule has 0 N–H and O–H groups in total. The molecule has 1 aliphatic heterocycles. The third-order valence-electron chi connectivity index (χ3n) is 3.12. The lowest BCUT2D eigenvalue weighted by Gasteiger charge is -2.22. The first-order valence-electron chi connectivity index (χ1n) is 5.39. The topological polar surface area (TPSA) is 21.6 Å². The maximum absolute atomic E-state index is 5.66. The molecule has 1 aromatic carbocycles. The number of fused-ring (bicyclic) bond motifs is 1. The van der Waals surface area contributed by atoms with Gasteiger partial charge in [0.2, 0.25) is 0 Å².